The Morgan fingerprint density at radius 1 is 0.909 bits per heavy atom. The number of hydrogen-bond acceptors (Lipinski definition) is 3. The van der Waals surface area contributed by atoms with Crippen LogP contribution in [0.5, 0.6) is 5.75 Å². The van der Waals surface area contributed by atoms with E-state index in [9.17, 15) is 4.79 Å². The summed E-state index contributed by atoms with van der Waals surface area (Å²) in [5, 5.41) is 0.202. The summed E-state index contributed by atoms with van der Waals surface area (Å²) in [5.74, 6) is 0.626. The van der Waals surface area contributed by atoms with Crippen molar-refractivity contribution in [2.75, 3.05) is 6.61 Å². The van der Waals surface area contributed by atoms with Gasteiger partial charge in [-0.25, -0.2) is 0 Å². The second kappa shape index (κ2) is 13.1. The van der Waals surface area contributed by atoms with Crippen LogP contribution in [-0.2, 0) is 14.6 Å². The van der Waals surface area contributed by atoms with Gasteiger partial charge in [0.05, 0.1) is 0 Å². The average Bonchev–Trinajstić information content (AvgIpc) is 2.65. The number of carbonyl (C=O) groups excluding carboxylic acids is 1. The van der Waals surface area contributed by atoms with E-state index in [-0.39, 0.29) is 16.4 Å². The molecular formula is C29H52O3Si. The molecule has 0 spiro atoms. The zero-order valence-electron chi connectivity index (χ0n) is 23.5. The highest BCUT2D eigenvalue weighted by molar-refractivity contribution is 6.74. The largest absolute Gasteiger partial charge is 0.426 e. The number of ether oxygens (including phenoxy) is 1. The Morgan fingerprint density at radius 2 is 1.48 bits per heavy atom. The van der Waals surface area contributed by atoms with Gasteiger partial charge in [-0.2, -0.15) is 0 Å². The van der Waals surface area contributed by atoms with E-state index in [0.29, 0.717) is 6.42 Å². The molecule has 0 radical (unpaired) electrons. The minimum Gasteiger partial charge on any atom is -0.426 e. The van der Waals surface area contributed by atoms with Gasteiger partial charge < -0.3 is 9.16 Å². The first-order valence-corrected chi connectivity index (χ1v) is 16.1. The van der Waals surface area contributed by atoms with Crippen LogP contribution in [0.2, 0.25) is 18.1 Å². The van der Waals surface area contributed by atoms with Crippen molar-refractivity contribution in [2.24, 2.45) is 0 Å². The van der Waals surface area contributed by atoms with Crippen LogP contribution < -0.4 is 4.74 Å². The van der Waals surface area contributed by atoms with Crippen LogP contribution in [-0.4, -0.2) is 20.9 Å². The molecule has 1 aromatic rings. The smallest absolute Gasteiger partial charge is 0.311 e. The van der Waals surface area contributed by atoms with Crippen LogP contribution in [0.1, 0.15) is 116 Å². The van der Waals surface area contributed by atoms with Gasteiger partial charge in [-0.3, -0.25) is 4.79 Å². The molecule has 0 atom stereocenters. The van der Waals surface area contributed by atoms with Gasteiger partial charge in [0.2, 0.25) is 0 Å². The second-order valence-corrected chi connectivity index (χ2v) is 16.9. The molecule has 1 aromatic carbocycles. The summed E-state index contributed by atoms with van der Waals surface area (Å²) in [6, 6.07) is 4.22. The number of esters is 1. The second-order valence-electron chi connectivity index (χ2n) is 12.0. The molecule has 0 heterocycles. The highest BCUT2D eigenvalue weighted by Crippen LogP contribution is 2.40. The van der Waals surface area contributed by atoms with Gasteiger partial charge in [-0.1, -0.05) is 86.1 Å². The van der Waals surface area contributed by atoms with Crippen molar-refractivity contribution in [1.29, 1.82) is 0 Å². The zero-order valence-corrected chi connectivity index (χ0v) is 24.5. The van der Waals surface area contributed by atoms with Crippen molar-refractivity contribution in [2.45, 2.75) is 137 Å². The Morgan fingerprint density at radius 3 is 2.06 bits per heavy atom. The van der Waals surface area contributed by atoms with Crippen LogP contribution in [0, 0.1) is 13.8 Å². The summed E-state index contributed by atoms with van der Waals surface area (Å²) < 4.78 is 12.4. The summed E-state index contributed by atoms with van der Waals surface area (Å²) in [5.41, 5.74) is 3.31. The first-order chi connectivity index (χ1) is 15.2. The monoisotopic (exact) mass is 476 g/mol. The van der Waals surface area contributed by atoms with Crippen molar-refractivity contribution in [1.82, 2.24) is 0 Å². The predicted molar refractivity (Wildman–Crippen MR) is 145 cm³/mol. The molecule has 1 rings (SSSR count). The minimum atomic E-state index is -1.78. The lowest BCUT2D eigenvalue weighted by atomic mass is 9.78. The number of benzene rings is 1. The zero-order chi connectivity index (χ0) is 25.3. The normalized spacial score (nSPS) is 12.8. The SMILES string of the molecule is CCCCCCCCCC(=O)Oc1cc(C)cc(C)c1C(C)(C)CCO[Si](C)(C)C(C)(C)C. The van der Waals surface area contributed by atoms with Gasteiger partial charge in [-0.05, 0) is 67.4 Å². The van der Waals surface area contributed by atoms with Gasteiger partial charge >= 0.3 is 5.97 Å². The van der Waals surface area contributed by atoms with Gasteiger partial charge in [0.1, 0.15) is 5.75 Å². The molecule has 0 aliphatic carbocycles. The summed E-state index contributed by atoms with van der Waals surface area (Å²) >= 11 is 0. The molecule has 190 valence electrons. The predicted octanol–water partition coefficient (Wildman–Crippen LogP) is 9.04. The topological polar surface area (TPSA) is 35.5 Å². The number of aryl methyl sites for hydroxylation is 2. The maximum atomic E-state index is 12.7. The fraction of sp³-hybridized carbons (Fsp3) is 0.759. The Labute approximate surface area is 206 Å². The molecular weight excluding hydrogens is 424 g/mol. The van der Waals surface area contributed by atoms with Crippen LogP contribution in [0.4, 0.5) is 0 Å². The fourth-order valence-corrected chi connectivity index (χ4v) is 5.22. The van der Waals surface area contributed by atoms with Crippen LogP contribution >= 0.6 is 0 Å². The molecule has 0 saturated carbocycles. The Bertz CT molecular complexity index is 744. The molecule has 0 fully saturated rings. The molecule has 0 amide bonds. The molecule has 4 heteroatoms. The number of rotatable bonds is 14. The van der Waals surface area contributed by atoms with Crippen molar-refractivity contribution < 1.29 is 14.0 Å². The quantitative estimate of drug-likeness (QED) is 0.116. The molecule has 0 saturated heterocycles. The third-order valence-corrected chi connectivity index (χ3v) is 11.9. The van der Waals surface area contributed by atoms with E-state index in [0.717, 1.165) is 42.7 Å². The minimum absolute atomic E-state index is 0.108. The molecule has 0 aliphatic heterocycles. The molecule has 0 unspecified atom stereocenters. The molecule has 0 N–H and O–H groups in total. The summed E-state index contributed by atoms with van der Waals surface area (Å²) in [7, 11) is -1.78. The van der Waals surface area contributed by atoms with E-state index in [1.165, 1.54) is 37.7 Å². The standard InChI is InChI=1S/C29H52O3Si/c1-11-12-13-14-15-16-17-18-26(30)32-25-22-23(2)21-24(3)27(25)29(7,8)19-20-31-33(9,10)28(4,5)6/h21-22H,11-20H2,1-10H3. The van der Waals surface area contributed by atoms with E-state index in [2.05, 4.69) is 74.6 Å². The van der Waals surface area contributed by atoms with Gasteiger partial charge in [-0.15, -0.1) is 0 Å². The van der Waals surface area contributed by atoms with Crippen molar-refractivity contribution in [3.8, 4) is 5.75 Å². The van der Waals surface area contributed by atoms with Crippen molar-refractivity contribution in [3.05, 3.63) is 28.8 Å². The van der Waals surface area contributed by atoms with E-state index in [1.807, 2.05) is 6.07 Å². The fourth-order valence-electron chi connectivity index (χ4n) is 4.18. The van der Waals surface area contributed by atoms with Crippen molar-refractivity contribution in [3.63, 3.8) is 0 Å². The highest BCUT2D eigenvalue weighted by atomic mass is 28.4. The lowest BCUT2D eigenvalue weighted by Crippen LogP contribution is -2.41. The van der Waals surface area contributed by atoms with E-state index >= 15 is 0 Å². The number of hydrogen-bond donors (Lipinski definition) is 0. The summed E-state index contributed by atoms with van der Waals surface area (Å²) in [6.07, 6.45) is 9.78. The lowest BCUT2D eigenvalue weighted by molar-refractivity contribution is -0.134. The van der Waals surface area contributed by atoms with Gasteiger partial charge in [0.25, 0.3) is 0 Å². The Balaban J connectivity index is 2.80. The third-order valence-electron chi connectivity index (χ3n) is 7.32. The van der Waals surface area contributed by atoms with Crippen LogP contribution in [0.25, 0.3) is 0 Å². The van der Waals surface area contributed by atoms with Crippen LogP contribution in [0.15, 0.2) is 12.1 Å². The van der Waals surface area contributed by atoms with Gasteiger partial charge in [0, 0.05) is 18.6 Å². The highest BCUT2D eigenvalue weighted by Gasteiger charge is 2.38. The first-order valence-electron chi connectivity index (χ1n) is 13.2. The number of unbranched alkanes of at least 4 members (excludes halogenated alkanes) is 6. The molecule has 0 aliphatic rings. The van der Waals surface area contributed by atoms with E-state index in [1.54, 1.807) is 0 Å². The summed E-state index contributed by atoms with van der Waals surface area (Å²) in [4.78, 5) is 12.7. The third kappa shape index (κ3) is 9.94. The Kier molecular flexibility index (Phi) is 11.9. The maximum Gasteiger partial charge on any atom is 0.311 e. The Hall–Kier alpha value is -1.13. The molecule has 0 aromatic heterocycles. The van der Waals surface area contributed by atoms with E-state index < -0.39 is 8.32 Å². The van der Waals surface area contributed by atoms with E-state index in [4.69, 9.17) is 9.16 Å². The molecule has 33 heavy (non-hydrogen) atoms. The van der Waals surface area contributed by atoms with Crippen molar-refractivity contribution >= 4 is 14.3 Å². The first kappa shape index (κ1) is 29.9. The molecule has 3 nitrogen and oxygen atoms in total. The average molecular weight is 477 g/mol. The number of carbonyl (C=O) groups is 1. The maximum absolute atomic E-state index is 12.7. The van der Waals surface area contributed by atoms with Crippen LogP contribution in [0.3, 0.4) is 0 Å². The van der Waals surface area contributed by atoms with Gasteiger partial charge in [0.15, 0.2) is 8.32 Å². The lowest BCUT2D eigenvalue weighted by Gasteiger charge is -2.37. The summed E-state index contributed by atoms with van der Waals surface area (Å²) in [6.45, 7) is 23.1. The molecule has 0 bridgehead atoms.